The number of nitrogens with one attached hydrogen (secondary N) is 1. The molecule has 0 saturated heterocycles. The number of anilines is 1. The highest BCUT2D eigenvalue weighted by molar-refractivity contribution is 8.06. The van der Waals surface area contributed by atoms with E-state index in [1.165, 1.54) is 26.2 Å². The molecule has 1 atom stereocenters. The Morgan fingerprint density at radius 3 is 2.67 bits per heavy atom. The summed E-state index contributed by atoms with van der Waals surface area (Å²) in [6.45, 7) is 1.47. The highest BCUT2D eigenvalue weighted by atomic mass is 32.2. The van der Waals surface area contributed by atoms with Gasteiger partial charge in [0, 0.05) is 0 Å². The van der Waals surface area contributed by atoms with E-state index in [4.69, 9.17) is 0 Å². The molecule has 6 nitrogen and oxygen atoms in total. The highest BCUT2D eigenvalue weighted by Gasteiger charge is 2.37. The predicted molar refractivity (Wildman–Crippen MR) is 63.1 cm³/mol. The van der Waals surface area contributed by atoms with Crippen LogP contribution in [0.5, 0.6) is 0 Å². The molecule has 0 radical (unpaired) electrons. The van der Waals surface area contributed by atoms with Gasteiger partial charge in [0.15, 0.2) is 0 Å². The summed E-state index contributed by atoms with van der Waals surface area (Å²) in [5, 5.41) is 1.86. The molecule has 0 spiro atoms. The van der Waals surface area contributed by atoms with Crippen molar-refractivity contribution in [1.29, 1.82) is 0 Å². The van der Waals surface area contributed by atoms with Crippen molar-refractivity contribution >= 4 is 26.6 Å². The van der Waals surface area contributed by atoms with Crippen LogP contribution in [-0.2, 0) is 19.4 Å². The van der Waals surface area contributed by atoms with Crippen molar-refractivity contribution in [2.75, 3.05) is 12.4 Å². The first-order valence-corrected chi connectivity index (χ1v) is 6.64. The van der Waals surface area contributed by atoms with E-state index in [0.29, 0.717) is 5.69 Å². The fraction of sp³-hybridized carbons (Fsp3) is 0.273. The smallest absolute Gasteiger partial charge is 0.337 e. The third-order valence-electron chi connectivity index (χ3n) is 2.68. The van der Waals surface area contributed by atoms with Crippen molar-refractivity contribution in [3.05, 3.63) is 23.8 Å². The minimum atomic E-state index is -4.04. The molecule has 96 valence electrons. The number of rotatable bonds is 1. The maximum absolute atomic E-state index is 11.9. The van der Waals surface area contributed by atoms with Gasteiger partial charge in [-0.2, -0.15) is 0 Å². The van der Waals surface area contributed by atoms with E-state index in [2.05, 4.69) is 10.1 Å². The zero-order valence-electron chi connectivity index (χ0n) is 9.76. The van der Waals surface area contributed by atoms with Crippen LogP contribution in [-0.4, -0.2) is 32.7 Å². The number of benzene rings is 1. The Morgan fingerprint density at radius 2 is 2.06 bits per heavy atom. The number of carbonyl (C=O) groups excluding carboxylic acids is 2. The van der Waals surface area contributed by atoms with Gasteiger partial charge in [-0.05, 0) is 25.1 Å². The van der Waals surface area contributed by atoms with E-state index in [0.717, 1.165) is 6.07 Å². The van der Waals surface area contributed by atoms with Crippen LogP contribution >= 0.6 is 0 Å². The van der Waals surface area contributed by atoms with Gasteiger partial charge in [0.25, 0.3) is 5.12 Å². The number of fused-ring (bicyclic) bond motifs is 1. The van der Waals surface area contributed by atoms with Gasteiger partial charge < -0.3 is 10.1 Å². The van der Waals surface area contributed by atoms with Crippen LogP contribution in [0.2, 0.25) is 0 Å². The Kier molecular flexibility index (Phi) is 2.86. The first-order valence-electron chi connectivity index (χ1n) is 5.15. The second kappa shape index (κ2) is 4.09. The molecular weight excluding hydrogens is 258 g/mol. The molecule has 0 aromatic heterocycles. The topological polar surface area (TPSA) is 89.5 Å². The molecule has 0 amide bonds. The van der Waals surface area contributed by atoms with Gasteiger partial charge in [-0.3, -0.25) is 4.79 Å². The van der Waals surface area contributed by atoms with Gasteiger partial charge in [0.2, 0.25) is 9.84 Å². The number of esters is 1. The number of sulfone groups is 1. The van der Waals surface area contributed by atoms with E-state index in [1.807, 2.05) is 0 Å². The first kappa shape index (κ1) is 12.6. The summed E-state index contributed by atoms with van der Waals surface area (Å²) in [5.41, 5.74) is 0.402. The van der Waals surface area contributed by atoms with Gasteiger partial charge >= 0.3 is 5.97 Å². The van der Waals surface area contributed by atoms with E-state index < -0.39 is 27.0 Å². The van der Waals surface area contributed by atoms with Gasteiger partial charge in [0.05, 0.1) is 29.3 Å². The highest BCUT2D eigenvalue weighted by Crippen LogP contribution is 2.30. The number of carbonyl (C=O) groups is 2. The standard InChI is InChI=1S/C11H11NO5S/c1-6-11(14)18(15,16)9-5-7(10(13)17-2)3-4-8(9)12-6/h3-6,12H,1-2H3. The number of ether oxygens (including phenoxy) is 1. The molecule has 2 rings (SSSR count). The Labute approximate surface area is 104 Å². The molecule has 0 bridgehead atoms. The molecule has 1 heterocycles. The summed E-state index contributed by atoms with van der Waals surface area (Å²) in [6, 6.07) is 3.23. The second-order valence-electron chi connectivity index (χ2n) is 3.89. The van der Waals surface area contributed by atoms with Crippen LogP contribution < -0.4 is 5.32 Å². The van der Waals surface area contributed by atoms with Crippen molar-refractivity contribution in [2.45, 2.75) is 17.9 Å². The average Bonchev–Trinajstić information content (AvgIpc) is 2.35. The number of methoxy groups -OCH3 is 1. The Morgan fingerprint density at radius 1 is 1.39 bits per heavy atom. The lowest BCUT2D eigenvalue weighted by Crippen LogP contribution is -2.37. The molecule has 0 aliphatic carbocycles. The van der Waals surface area contributed by atoms with E-state index in [9.17, 15) is 18.0 Å². The van der Waals surface area contributed by atoms with Gasteiger partial charge in [0.1, 0.15) is 0 Å². The molecule has 1 aliphatic heterocycles. The fourth-order valence-electron chi connectivity index (χ4n) is 1.74. The van der Waals surface area contributed by atoms with Crippen LogP contribution in [0.25, 0.3) is 0 Å². The molecule has 1 unspecified atom stereocenters. The van der Waals surface area contributed by atoms with Crippen LogP contribution in [0.1, 0.15) is 17.3 Å². The third kappa shape index (κ3) is 1.76. The SMILES string of the molecule is COC(=O)c1ccc2c(c1)S(=O)(=O)C(=O)C(C)N2. The van der Waals surface area contributed by atoms with Gasteiger partial charge in [-0.25, -0.2) is 13.2 Å². The lowest BCUT2D eigenvalue weighted by Gasteiger charge is -2.22. The molecular formula is C11H11NO5S. The molecule has 1 aromatic carbocycles. The van der Waals surface area contributed by atoms with Crippen LogP contribution in [0.3, 0.4) is 0 Å². The van der Waals surface area contributed by atoms with Crippen molar-refractivity contribution in [2.24, 2.45) is 0 Å². The molecule has 18 heavy (non-hydrogen) atoms. The average molecular weight is 269 g/mol. The fourth-order valence-corrected chi connectivity index (χ4v) is 3.18. The van der Waals surface area contributed by atoms with Gasteiger partial charge in [-0.15, -0.1) is 0 Å². The van der Waals surface area contributed by atoms with Crippen molar-refractivity contribution in [1.82, 2.24) is 0 Å². The summed E-state index contributed by atoms with van der Waals surface area (Å²) in [4.78, 5) is 22.7. The Hall–Kier alpha value is -1.89. The zero-order chi connectivity index (χ0) is 13.5. The summed E-state index contributed by atoms with van der Waals surface area (Å²) < 4.78 is 28.4. The summed E-state index contributed by atoms with van der Waals surface area (Å²) >= 11 is 0. The summed E-state index contributed by atoms with van der Waals surface area (Å²) in [7, 11) is -2.85. The normalized spacial score (nSPS) is 20.8. The predicted octanol–water partition coefficient (Wildman–Crippen LogP) is 0.587. The molecule has 1 aromatic rings. The minimum absolute atomic E-state index is 0.0870. The molecule has 1 aliphatic rings. The molecule has 7 heteroatoms. The van der Waals surface area contributed by atoms with Crippen molar-refractivity contribution in [3.63, 3.8) is 0 Å². The summed E-state index contributed by atoms with van der Waals surface area (Å²) in [5.74, 6) is -0.654. The maximum atomic E-state index is 11.9. The molecule has 0 saturated carbocycles. The first-order chi connectivity index (χ1) is 8.37. The zero-order valence-corrected chi connectivity index (χ0v) is 10.6. The lowest BCUT2D eigenvalue weighted by atomic mass is 10.2. The summed E-state index contributed by atoms with van der Waals surface area (Å²) in [6.07, 6.45) is 0. The number of hydrogen-bond donors (Lipinski definition) is 1. The molecule has 0 fully saturated rings. The Balaban J connectivity index is 2.63. The van der Waals surface area contributed by atoms with E-state index in [-0.39, 0.29) is 10.5 Å². The van der Waals surface area contributed by atoms with Crippen molar-refractivity contribution in [3.8, 4) is 0 Å². The monoisotopic (exact) mass is 269 g/mol. The largest absolute Gasteiger partial charge is 0.465 e. The van der Waals surface area contributed by atoms with Gasteiger partial charge in [-0.1, -0.05) is 0 Å². The quantitative estimate of drug-likeness (QED) is 0.750. The van der Waals surface area contributed by atoms with Crippen LogP contribution in [0.15, 0.2) is 23.1 Å². The maximum Gasteiger partial charge on any atom is 0.337 e. The van der Waals surface area contributed by atoms with Crippen molar-refractivity contribution < 1.29 is 22.7 Å². The van der Waals surface area contributed by atoms with Crippen LogP contribution in [0.4, 0.5) is 5.69 Å². The Bertz CT molecular complexity index is 635. The third-order valence-corrected chi connectivity index (χ3v) is 4.48. The molecule has 1 N–H and O–H groups in total. The number of hydrogen-bond acceptors (Lipinski definition) is 6. The van der Waals surface area contributed by atoms with E-state index in [1.54, 1.807) is 0 Å². The lowest BCUT2D eigenvalue weighted by molar-refractivity contribution is -0.112. The van der Waals surface area contributed by atoms with E-state index >= 15 is 0 Å². The second-order valence-corrected chi connectivity index (χ2v) is 5.74. The van der Waals surface area contributed by atoms with Crippen LogP contribution in [0, 0.1) is 0 Å². The minimum Gasteiger partial charge on any atom is -0.465 e.